The Kier molecular flexibility index (Phi) is 2.86. The summed E-state index contributed by atoms with van der Waals surface area (Å²) in [6.07, 6.45) is 1.03. The molecule has 0 fully saturated rings. The molecule has 0 aliphatic heterocycles. The topological polar surface area (TPSA) is 0 Å². The van der Waals surface area contributed by atoms with Crippen LogP contribution in [0.5, 0.6) is 0 Å². The zero-order valence-electron chi connectivity index (χ0n) is 9.33. The average molecular weight is 196 g/mol. The molecule has 0 heteroatoms. The maximum Gasteiger partial charge on any atom is -0.00256 e. The normalized spacial score (nSPS) is 10.3. The first-order valence-corrected chi connectivity index (χ1v) is 5.35. The van der Waals surface area contributed by atoms with Crippen LogP contribution in [0.4, 0.5) is 0 Å². The van der Waals surface area contributed by atoms with Crippen molar-refractivity contribution in [2.75, 3.05) is 0 Å². The molecular weight excluding hydrogens is 180 g/mol. The highest BCUT2D eigenvalue weighted by Crippen LogP contribution is 2.13. The van der Waals surface area contributed by atoms with Crippen molar-refractivity contribution in [3.63, 3.8) is 0 Å². The first-order valence-electron chi connectivity index (χ1n) is 5.35. The molecule has 0 nitrogen and oxygen atoms in total. The molecule has 2 aromatic rings. The van der Waals surface area contributed by atoms with Gasteiger partial charge in [0.05, 0.1) is 0 Å². The second-order valence-electron chi connectivity index (χ2n) is 4.16. The van der Waals surface area contributed by atoms with E-state index in [0.29, 0.717) is 0 Å². The van der Waals surface area contributed by atoms with Gasteiger partial charge < -0.3 is 0 Å². The summed E-state index contributed by atoms with van der Waals surface area (Å²) < 4.78 is 0. The van der Waals surface area contributed by atoms with Crippen molar-refractivity contribution in [2.24, 2.45) is 0 Å². The zero-order valence-corrected chi connectivity index (χ0v) is 9.33. The first kappa shape index (κ1) is 9.97. The van der Waals surface area contributed by atoms with E-state index in [0.717, 1.165) is 6.42 Å². The molecule has 0 bridgehead atoms. The van der Waals surface area contributed by atoms with Crippen molar-refractivity contribution < 1.29 is 0 Å². The van der Waals surface area contributed by atoms with Crippen LogP contribution in [0.15, 0.2) is 48.5 Å². The second-order valence-corrected chi connectivity index (χ2v) is 4.16. The van der Waals surface area contributed by atoms with Crippen LogP contribution < -0.4 is 0 Å². The van der Waals surface area contributed by atoms with E-state index in [1.165, 1.54) is 22.3 Å². The highest BCUT2D eigenvalue weighted by molar-refractivity contribution is 5.32. The third-order valence-electron chi connectivity index (χ3n) is 2.53. The van der Waals surface area contributed by atoms with Gasteiger partial charge in [0.25, 0.3) is 0 Å². The average Bonchev–Trinajstić information content (AvgIpc) is 2.17. The number of hydrogen-bond donors (Lipinski definition) is 0. The molecule has 0 radical (unpaired) electrons. The van der Waals surface area contributed by atoms with Crippen molar-refractivity contribution in [3.05, 3.63) is 70.8 Å². The molecule has 2 aromatic carbocycles. The van der Waals surface area contributed by atoms with Gasteiger partial charge in [0.2, 0.25) is 0 Å². The van der Waals surface area contributed by atoms with Crippen molar-refractivity contribution in [1.82, 2.24) is 0 Å². The molecule has 0 unspecified atom stereocenters. The van der Waals surface area contributed by atoms with Crippen LogP contribution in [-0.4, -0.2) is 0 Å². The summed E-state index contributed by atoms with van der Waals surface area (Å²) in [7, 11) is 0. The number of hydrogen-bond acceptors (Lipinski definition) is 0. The maximum absolute atomic E-state index is 2.26. The molecule has 0 aliphatic rings. The molecule has 0 atom stereocenters. The minimum absolute atomic E-state index is 1.03. The highest BCUT2D eigenvalue weighted by Gasteiger charge is 1.97. The molecular formula is C15H16. The molecule has 0 saturated carbocycles. The number of aryl methyl sites for hydroxylation is 2. The van der Waals surface area contributed by atoms with Crippen LogP contribution in [-0.2, 0) is 6.42 Å². The third-order valence-corrected chi connectivity index (χ3v) is 2.53. The minimum atomic E-state index is 1.03. The van der Waals surface area contributed by atoms with Crippen molar-refractivity contribution in [1.29, 1.82) is 0 Å². The van der Waals surface area contributed by atoms with Crippen molar-refractivity contribution >= 4 is 0 Å². The first-order chi connectivity index (χ1) is 7.24. The number of benzene rings is 2. The smallest absolute Gasteiger partial charge is 0.00256 e. The van der Waals surface area contributed by atoms with Crippen molar-refractivity contribution in [3.8, 4) is 0 Å². The van der Waals surface area contributed by atoms with Gasteiger partial charge in [-0.1, -0.05) is 59.7 Å². The van der Waals surface area contributed by atoms with Crippen molar-refractivity contribution in [2.45, 2.75) is 20.3 Å². The lowest BCUT2D eigenvalue weighted by Crippen LogP contribution is -1.89. The summed E-state index contributed by atoms with van der Waals surface area (Å²) in [6.45, 7) is 4.31. The largest absolute Gasteiger partial charge is 0.0622 e. The summed E-state index contributed by atoms with van der Waals surface area (Å²) in [5.74, 6) is 0. The second kappa shape index (κ2) is 4.31. The Hall–Kier alpha value is -1.56. The fraction of sp³-hybridized carbons (Fsp3) is 0.200. The molecule has 0 spiro atoms. The molecule has 76 valence electrons. The maximum atomic E-state index is 2.26. The summed E-state index contributed by atoms with van der Waals surface area (Å²) >= 11 is 0. The molecule has 0 heterocycles. The van der Waals surface area contributed by atoms with E-state index in [1.54, 1.807) is 0 Å². The van der Waals surface area contributed by atoms with E-state index in [2.05, 4.69) is 62.4 Å². The third kappa shape index (κ3) is 2.69. The summed E-state index contributed by atoms with van der Waals surface area (Å²) in [5.41, 5.74) is 5.48. The highest BCUT2D eigenvalue weighted by atomic mass is 14.0. The lowest BCUT2D eigenvalue weighted by molar-refractivity contribution is 1.17. The van der Waals surface area contributed by atoms with Gasteiger partial charge in [-0.05, 0) is 31.4 Å². The Morgan fingerprint density at radius 3 is 1.93 bits per heavy atom. The SMILES string of the molecule is Cc1cc(C)cc(Cc2ccccc2)c1. The summed E-state index contributed by atoms with van der Waals surface area (Å²) in [5, 5.41) is 0. The van der Waals surface area contributed by atoms with E-state index in [1.807, 2.05) is 0 Å². The van der Waals surface area contributed by atoms with Gasteiger partial charge in [-0.25, -0.2) is 0 Å². The molecule has 15 heavy (non-hydrogen) atoms. The fourth-order valence-electron chi connectivity index (χ4n) is 2.00. The van der Waals surface area contributed by atoms with Gasteiger partial charge >= 0.3 is 0 Å². The van der Waals surface area contributed by atoms with Crippen LogP contribution in [0, 0.1) is 13.8 Å². The van der Waals surface area contributed by atoms with Gasteiger partial charge in [0.1, 0.15) is 0 Å². The Bertz CT molecular complexity index is 421. The summed E-state index contributed by atoms with van der Waals surface area (Å²) in [4.78, 5) is 0. The van der Waals surface area contributed by atoms with Crippen LogP contribution in [0.25, 0.3) is 0 Å². The molecule has 2 rings (SSSR count). The standard InChI is InChI=1S/C15H16/c1-12-8-13(2)10-15(9-12)11-14-6-4-3-5-7-14/h3-10H,11H2,1-2H3. The molecule has 0 saturated heterocycles. The Balaban J connectivity index is 2.25. The summed E-state index contributed by atoms with van der Waals surface area (Å²) in [6, 6.07) is 17.4. The van der Waals surface area contributed by atoms with E-state index >= 15 is 0 Å². The van der Waals surface area contributed by atoms with Crippen LogP contribution in [0.1, 0.15) is 22.3 Å². The monoisotopic (exact) mass is 196 g/mol. The Labute approximate surface area is 91.6 Å². The Morgan fingerprint density at radius 1 is 0.733 bits per heavy atom. The van der Waals surface area contributed by atoms with Crippen LogP contribution in [0.2, 0.25) is 0 Å². The predicted molar refractivity (Wildman–Crippen MR) is 65.2 cm³/mol. The predicted octanol–water partition coefficient (Wildman–Crippen LogP) is 3.89. The lowest BCUT2D eigenvalue weighted by Gasteiger charge is -2.05. The Morgan fingerprint density at radius 2 is 1.33 bits per heavy atom. The zero-order chi connectivity index (χ0) is 10.7. The van der Waals surface area contributed by atoms with Gasteiger partial charge in [0.15, 0.2) is 0 Å². The molecule has 0 N–H and O–H groups in total. The molecule has 0 aromatic heterocycles. The minimum Gasteiger partial charge on any atom is -0.0622 e. The fourth-order valence-corrected chi connectivity index (χ4v) is 2.00. The van der Waals surface area contributed by atoms with Gasteiger partial charge in [-0.15, -0.1) is 0 Å². The van der Waals surface area contributed by atoms with Crippen LogP contribution in [0.3, 0.4) is 0 Å². The van der Waals surface area contributed by atoms with E-state index in [4.69, 9.17) is 0 Å². The van der Waals surface area contributed by atoms with E-state index in [9.17, 15) is 0 Å². The number of rotatable bonds is 2. The molecule has 0 amide bonds. The lowest BCUT2D eigenvalue weighted by atomic mass is 10.0. The van der Waals surface area contributed by atoms with Gasteiger partial charge in [-0.3, -0.25) is 0 Å². The van der Waals surface area contributed by atoms with E-state index < -0.39 is 0 Å². The van der Waals surface area contributed by atoms with Gasteiger partial charge in [-0.2, -0.15) is 0 Å². The van der Waals surface area contributed by atoms with E-state index in [-0.39, 0.29) is 0 Å². The van der Waals surface area contributed by atoms with Gasteiger partial charge in [0, 0.05) is 0 Å². The van der Waals surface area contributed by atoms with Crippen LogP contribution >= 0.6 is 0 Å². The molecule has 0 aliphatic carbocycles. The quantitative estimate of drug-likeness (QED) is 0.683.